The second-order valence-corrected chi connectivity index (χ2v) is 10.0. The van der Waals surface area contributed by atoms with Gasteiger partial charge in [-0.2, -0.15) is 0 Å². The van der Waals surface area contributed by atoms with E-state index in [0.29, 0.717) is 18.8 Å². The van der Waals surface area contributed by atoms with Crippen molar-refractivity contribution >= 4 is 48.9 Å². The van der Waals surface area contributed by atoms with Gasteiger partial charge in [-0.15, -0.1) is 11.3 Å². The molecule has 1 aromatic heterocycles. The van der Waals surface area contributed by atoms with E-state index < -0.39 is 26.0 Å². The van der Waals surface area contributed by atoms with E-state index in [-0.39, 0.29) is 20.4 Å². The maximum Gasteiger partial charge on any atom is 0.349 e. The Balaban J connectivity index is 1.87. The highest BCUT2D eigenvalue weighted by molar-refractivity contribution is 7.93. The van der Waals surface area contributed by atoms with Crippen LogP contribution in [0.5, 0.6) is 0 Å². The maximum absolute atomic E-state index is 12.6. The standard InChI is InChI=1S/C16H17N3O6S3/c1-25-16(20)15-13(7-9-26-15)28(23,24)18-11-4-2-5-12(10-11)27(21,22)19-14-6-3-8-17-14/h2,4-5,7,9-10,18H,3,6,8H2,1H3,(H,17,19). The van der Waals surface area contributed by atoms with Crippen molar-refractivity contribution in [3.8, 4) is 0 Å². The van der Waals surface area contributed by atoms with Crippen LogP contribution in [0.2, 0.25) is 0 Å². The van der Waals surface area contributed by atoms with Gasteiger partial charge in [0.15, 0.2) is 0 Å². The SMILES string of the molecule is COC(=O)c1sccc1S(=O)(=O)Nc1cccc(S(=O)(=O)NC2=NCCC2)c1. The zero-order chi connectivity index (χ0) is 20.4. The number of benzene rings is 1. The number of methoxy groups -OCH3 is 1. The molecule has 150 valence electrons. The molecule has 1 aromatic carbocycles. The summed E-state index contributed by atoms with van der Waals surface area (Å²) < 4.78 is 59.6. The first-order chi connectivity index (χ1) is 13.2. The molecule has 0 amide bonds. The van der Waals surface area contributed by atoms with Crippen molar-refractivity contribution in [1.82, 2.24) is 4.72 Å². The number of amidine groups is 1. The summed E-state index contributed by atoms with van der Waals surface area (Å²) in [5, 5.41) is 1.45. The Labute approximate surface area is 166 Å². The van der Waals surface area contributed by atoms with Gasteiger partial charge in [0.1, 0.15) is 15.6 Å². The van der Waals surface area contributed by atoms with Gasteiger partial charge in [-0.25, -0.2) is 21.6 Å². The van der Waals surface area contributed by atoms with E-state index in [1.165, 1.54) is 35.7 Å². The molecule has 0 unspecified atom stereocenters. The van der Waals surface area contributed by atoms with Crippen LogP contribution in [0.15, 0.2) is 50.5 Å². The third-order valence-corrected chi connectivity index (χ3v) is 7.64. The number of esters is 1. The third-order valence-electron chi connectivity index (χ3n) is 3.81. The maximum atomic E-state index is 12.6. The summed E-state index contributed by atoms with van der Waals surface area (Å²) in [4.78, 5) is 15.4. The molecule has 9 nitrogen and oxygen atoms in total. The Kier molecular flexibility index (Phi) is 5.72. The van der Waals surface area contributed by atoms with Gasteiger partial charge >= 0.3 is 5.97 Å². The van der Waals surface area contributed by atoms with Gasteiger partial charge in [-0.1, -0.05) is 6.07 Å². The number of ether oxygens (including phenoxy) is 1. The molecule has 12 heteroatoms. The largest absolute Gasteiger partial charge is 0.465 e. The Morgan fingerprint density at radius 3 is 2.61 bits per heavy atom. The van der Waals surface area contributed by atoms with Crippen molar-refractivity contribution in [2.75, 3.05) is 18.4 Å². The average Bonchev–Trinajstić information content (AvgIpc) is 3.32. The van der Waals surface area contributed by atoms with Crippen LogP contribution in [0.1, 0.15) is 22.5 Å². The Bertz CT molecular complexity index is 1140. The van der Waals surface area contributed by atoms with E-state index in [4.69, 9.17) is 0 Å². The van der Waals surface area contributed by atoms with Crippen molar-refractivity contribution in [2.24, 2.45) is 4.99 Å². The molecule has 0 saturated heterocycles. The Morgan fingerprint density at radius 1 is 1.14 bits per heavy atom. The monoisotopic (exact) mass is 443 g/mol. The van der Waals surface area contributed by atoms with Crippen molar-refractivity contribution in [1.29, 1.82) is 0 Å². The Morgan fingerprint density at radius 2 is 1.93 bits per heavy atom. The predicted octanol–water partition coefficient (Wildman–Crippen LogP) is 1.81. The van der Waals surface area contributed by atoms with Gasteiger partial charge in [0, 0.05) is 13.0 Å². The number of carbonyl (C=O) groups is 1. The van der Waals surface area contributed by atoms with Gasteiger partial charge in [0.2, 0.25) is 0 Å². The molecule has 0 aliphatic carbocycles. The summed E-state index contributed by atoms with van der Waals surface area (Å²) in [7, 11) is -6.85. The fourth-order valence-corrected chi connectivity index (χ4v) is 6.04. The van der Waals surface area contributed by atoms with Gasteiger partial charge in [-0.3, -0.25) is 14.4 Å². The van der Waals surface area contributed by atoms with Crippen LogP contribution < -0.4 is 9.44 Å². The summed E-state index contributed by atoms with van der Waals surface area (Å²) >= 11 is 0.932. The number of thiophene rings is 1. The molecular formula is C16H17N3O6S3. The lowest BCUT2D eigenvalue weighted by Crippen LogP contribution is -2.29. The summed E-state index contributed by atoms with van der Waals surface area (Å²) in [5.41, 5.74) is 0.0400. The molecule has 0 bridgehead atoms. The van der Waals surface area contributed by atoms with Gasteiger partial charge in [0.25, 0.3) is 20.0 Å². The topological polar surface area (TPSA) is 131 Å². The predicted molar refractivity (Wildman–Crippen MR) is 105 cm³/mol. The van der Waals surface area contributed by atoms with Crippen LogP contribution in [-0.4, -0.2) is 42.3 Å². The quantitative estimate of drug-likeness (QED) is 0.655. The molecule has 0 radical (unpaired) electrons. The molecule has 0 spiro atoms. The van der Waals surface area contributed by atoms with Gasteiger partial charge < -0.3 is 4.74 Å². The molecule has 2 heterocycles. The van der Waals surface area contributed by atoms with Crippen molar-refractivity contribution in [2.45, 2.75) is 22.6 Å². The summed E-state index contributed by atoms with van der Waals surface area (Å²) in [6.45, 7) is 0.570. The normalized spacial score (nSPS) is 14.4. The van der Waals surface area contributed by atoms with E-state index in [1.807, 2.05) is 0 Å². The smallest absolute Gasteiger partial charge is 0.349 e. The minimum Gasteiger partial charge on any atom is -0.465 e. The lowest BCUT2D eigenvalue weighted by atomic mass is 10.3. The summed E-state index contributed by atoms with van der Waals surface area (Å²) in [5.74, 6) is -0.389. The van der Waals surface area contributed by atoms with E-state index in [9.17, 15) is 21.6 Å². The molecule has 1 aliphatic heterocycles. The number of nitrogens with zero attached hydrogens (tertiary/aromatic N) is 1. The van der Waals surface area contributed by atoms with Crippen LogP contribution in [0.4, 0.5) is 5.69 Å². The molecule has 1 aliphatic rings. The number of sulfonamides is 2. The minimum atomic E-state index is -4.12. The second-order valence-electron chi connectivity index (χ2n) is 5.78. The third kappa shape index (κ3) is 4.34. The first-order valence-electron chi connectivity index (χ1n) is 8.08. The van der Waals surface area contributed by atoms with E-state index >= 15 is 0 Å². The summed E-state index contributed by atoms with van der Waals surface area (Å²) in [6, 6.07) is 6.64. The fraction of sp³-hybridized carbons (Fsp3) is 0.250. The van der Waals surface area contributed by atoms with Crippen LogP contribution in [0, 0.1) is 0 Å². The number of hydrogen-bond acceptors (Lipinski definition) is 8. The van der Waals surface area contributed by atoms with E-state index in [1.54, 1.807) is 0 Å². The molecule has 2 N–H and O–H groups in total. The second kappa shape index (κ2) is 7.89. The van der Waals surface area contributed by atoms with Gasteiger partial charge in [-0.05, 0) is 36.1 Å². The highest BCUT2D eigenvalue weighted by Crippen LogP contribution is 2.26. The summed E-state index contributed by atoms with van der Waals surface area (Å²) in [6.07, 6.45) is 1.32. The molecule has 3 rings (SSSR count). The molecule has 28 heavy (non-hydrogen) atoms. The molecule has 2 aromatic rings. The van der Waals surface area contributed by atoms with Crippen LogP contribution in [-0.2, 0) is 24.8 Å². The highest BCUT2D eigenvalue weighted by atomic mass is 32.2. The zero-order valence-electron chi connectivity index (χ0n) is 14.7. The number of nitrogens with one attached hydrogen (secondary N) is 2. The molecule has 0 atom stereocenters. The van der Waals surface area contributed by atoms with Crippen molar-refractivity contribution in [3.63, 3.8) is 0 Å². The van der Waals surface area contributed by atoms with Gasteiger partial charge in [0.05, 0.1) is 17.7 Å². The lowest BCUT2D eigenvalue weighted by molar-refractivity contribution is 0.0602. The fourth-order valence-electron chi connectivity index (χ4n) is 2.52. The van der Waals surface area contributed by atoms with E-state index in [0.717, 1.165) is 24.9 Å². The first kappa shape index (κ1) is 20.3. The zero-order valence-corrected chi connectivity index (χ0v) is 17.2. The molecular weight excluding hydrogens is 426 g/mol. The van der Waals surface area contributed by atoms with Crippen molar-refractivity contribution < 1.29 is 26.4 Å². The number of aliphatic imine (C=N–C) groups is 1. The highest BCUT2D eigenvalue weighted by Gasteiger charge is 2.25. The minimum absolute atomic E-state index is 0.0400. The number of hydrogen-bond donors (Lipinski definition) is 2. The van der Waals surface area contributed by atoms with E-state index in [2.05, 4.69) is 19.2 Å². The van der Waals surface area contributed by atoms with Crippen molar-refractivity contribution in [3.05, 3.63) is 40.6 Å². The lowest BCUT2D eigenvalue weighted by Gasteiger charge is -2.11. The molecule has 0 saturated carbocycles. The average molecular weight is 444 g/mol. The number of rotatable bonds is 6. The van der Waals surface area contributed by atoms with Crippen LogP contribution in [0.25, 0.3) is 0 Å². The van der Waals surface area contributed by atoms with Crippen LogP contribution >= 0.6 is 11.3 Å². The van der Waals surface area contributed by atoms with Crippen LogP contribution in [0.3, 0.4) is 0 Å². The molecule has 0 fully saturated rings. The number of anilines is 1. The number of carbonyl (C=O) groups excluding carboxylic acids is 1. The first-order valence-corrected chi connectivity index (χ1v) is 11.9. The Hall–Kier alpha value is -2.44.